The number of anilines is 1. The first-order valence-corrected chi connectivity index (χ1v) is 10.4. The SMILES string of the molecule is COc1ccc(C[NH+]2CCN(C(=O)c3cccc(N4CCCC4=O)c3)CC2)cc1F. The van der Waals surface area contributed by atoms with Gasteiger partial charge in [0.25, 0.3) is 5.91 Å². The molecular formula is C23H27FN3O3+. The van der Waals surface area contributed by atoms with Gasteiger partial charge < -0.3 is 19.4 Å². The summed E-state index contributed by atoms with van der Waals surface area (Å²) in [5.41, 5.74) is 2.34. The molecule has 0 aliphatic carbocycles. The number of hydrogen-bond acceptors (Lipinski definition) is 3. The number of rotatable bonds is 5. The summed E-state index contributed by atoms with van der Waals surface area (Å²) in [5.74, 6) is 0.0198. The molecule has 0 unspecified atom stereocenters. The number of carbonyl (C=O) groups excluding carboxylic acids is 2. The Kier molecular flexibility index (Phi) is 5.99. The van der Waals surface area contributed by atoms with Crippen LogP contribution in [0.1, 0.15) is 28.8 Å². The Morgan fingerprint density at radius 2 is 1.93 bits per heavy atom. The van der Waals surface area contributed by atoms with Crippen molar-refractivity contribution in [3.05, 3.63) is 59.4 Å². The molecule has 30 heavy (non-hydrogen) atoms. The largest absolute Gasteiger partial charge is 0.494 e. The van der Waals surface area contributed by atoms with Gasteiger partial charge in [0.15, 0.2) is 11.6 Å². The summed E-state index contributed by atoms with van der Waals surface area (Å²) in [6, 6.07) is 12.4. The summed E-state index contributed by atoms with van der Waals surface area (Å²) < 4.78 is 18.9. The first kappa shape index (κ1) is 20.3. The Balaban J connectivity index is 1.35. The Morgan fingerprint density at radius 3 is 2.60 bits per heavy atom. The maximum Gasteiger partial charge on any atom is 0.254 e. The maximum absolute atomic E-state index is 13.9. The van der Waals surface area contributed by atoms with Crippen LogP contribution in [-0.4, -0.2) is 56.5 Å². The molecule has 0 saturated carbocycles. The van der Waals surface area contributed by atoms with Crippen molar-refractivity contribution in [2.24, 2.45) is 0 Å². The smallest absolute Gasteiger partial charge is 0.254 e. The Labute approximate surface area is 175 Å². The molecule has 0 aromatic heterocycles. The number of hydrogen-bond donors (Lipinski definition) is 1. The van der Waals surface area contributed by atoms with Crippen molar-refractivity contribution in [2.75, 3.05) is 44.7 Å². The summed E-state index contributed by atoms with van der Waals surface area (Å²) in [5, 5.41) is 0. The summed E-state index contributed by atoms with van der Waals surface area (Å²) in [6.07, 6.45) is 1.43. The van der Waals surface area contributed by atoms with Gasteiger partial charge in [0, 0.05) is 29.8 Å². The molecule has 2 heterocycles. The lowest BCUT2D eigenvalue weighted by Crippen LogP contribution is -3.13. The van der Waals surface area contributed by atoms with Crippen LogP contribution in [0.4, 0.5) is 10.1 Å². The van der Waals surface area contributed by atoms with E-state index < -0.39 is 0 Å². The highest BCUT2D eigenvalue weighted by Gasteiger charge is 2.26. The van der Waals surface area contributed by atoms with Crippen molar-refractivity contribution in [1.29, 1.82) is 0 Å². The molecule has 6 nitrogen and oxygen atoms in total. The molecule has 0 atom stereocenters. The number of nitrogens with zero attached hydrogens (tertiary/aromatic N) is 2. The molecule has 2 aromatic carbocycles. The minimum atomic E-state index is -0.348. The number of quaternary nitrogens is 1. The fourth-order valence-electron chi connectivity index (χ4n) is 4.22. The van der Waals surface area contributed by atoms with Crippen molar-refractivity contribution >= 4 is 17.5 Å². The van der Waals surface area contributed by atoms with Crippen molar-refractivity contribution < 1.29 is 23.6 Å². The minimum absolute atomic E-state index is 0.00182. The molecule has 2 aliphatic rings. The minimum Gasteiger partial charge on any atom is -0.494 e. The van der Waals surface area contributed by atoms with Gasteiger partial charge in [-0.1, -0.05) is 6.07 Å². The molecule has 2 amide bonds. The predicted octanol–water partition coefficient (Wildman–Crippen LogP) is 1.50. The van der Waals surface area contributed by atoms with Gasteiger partial charge in [-0.2, -0.15) is 0 Å². The van der Waals surface area contributed by atoms with Crippen molar-refractivity contribution in [1.82, 2.24) is 4.90 Å². The van der Waals surface area contributed by atoms with Gasteiger partial charge in [-0.3, -0.25) is 9.59 Å². The van der Waals surface area contributed by atoms with Crippen molar-refractivity contribution in [3.8, 4) is 5.75 Å². The number of piperazine rings is 1. The highest BCUT2D eigenvalue weighted by atomic mass is 19.1. The van der Waals surface area contributed by atoms with Gasteiger partial charge in [-0.25, -0.2) is 4.39 Å². The van der Waals surface area contributed by atoms with Gasteiger partial charge in [-0.05, 0) is 42.8 Å². The molecule has 1 N–H and O–H groups in total. The number of halogens is 1. The van der Waals surface area contributed by atoms with E-state index in [1.807, 2.05) is 35.2 Å². The normalized spacial score (nSPS) is 17.5. The van der Waals surface area contributed by atoms with Gasteiger partial charge in [0.2, 0.25) is 5.91 Å². The highest BCUT2D eigenvalue weighted by molar-refractivity contribution is 5.99. The fraction of sp³-hybridized carbons (Fsp3) is 0.391. The van der Waals surface area contributed by atoms with E-state index in [0.29, 0.717) is 31.6 Å². The molecule has 2 fully saturated rings. The average Bonchev–Trinajstić information content (AvgIpc) is 3.20. The summed E-state index contributed by atoms with van der Waals surface area (Å²) in [4.78, 5) is 29.9. The van der Waals surface area contributed by atoms with E-state index in [2.05, 4.69) is 0 Å². The van der Waals surface area contributed by atoms with E-state index in [4.69, 9.17) is 4.74 Å². The Hall–Kier alpha value is -2.93. The number of benzene rings is 2. The first-order chi connectivity index (χ1) is 14.5. The van der Waals surface area contributed by atoms with Crippen LogP contribution in [0.15, 0.2) is 42.5 Å². The third kappa shape index (κ3) is 4.31. The van der Waals surface area contributed by atoms with Crippen LogP contribution in [0.25, 0.3) is 0 Å². The lowest BCUT2D eigenvalue weighted by atomic mass is 10.1. The summed E-state index contributed by atoms with van der Waals surface area (Å²) in [6.45, 7) is 4.35. The lowest BCUT2D eigenvalue weighted by molar-refractivity contribution is -0.917. The monoisotopic (exact) mass is 412 g/mol. The van der Waals surface area contributed by atoms with Crippen LogP contribution in [0, 0.1) is 5.82 Å². The molecule has 2 saturated heterocycles. The second-order valence-corrected chi connectivity index (χ2v) is 7.89. The molecule has 2 aliphatic heterocycles. The van der Waals surface area contributed by atoms with E-state index in [-0.39, 0.29) is 23.4 Å². The van der Waals surface area contributed by atoms with Crippen LogP contribution in [0.5, 0.6) is 5.75 Å². The molecule has 0 radical (unpaired) electrons. The number of methoxy groups -OCH3 is 1. The van der Waals surface area contributed by atoms with Crippen molar-refractivity contribution in [3.63, 3.8) is 0 Å². The first-order valence-electron chi connectivity index (χ1n) is 10.4. The zero-order valence-corrected chi connectivity index (χ0v) is 17.2. The van der Waals surface area contributed by atoms with Gasteiger partial charge in [0.1, 0.15) is 6.54 Å². The van der Waals surface area contributed by atoms with Crippen LogP contribution in [-0.2, 0) is 11.3 Å². The third-order valence-corrected chi connectivity index (χ3v) is 5.91. The van der Waals surface area contributed by atoms with E-state index >= 15 is 0 Å². The predicted molar refractivity (Wildman–Crippen MR) is 111 cm³/mol. The van der Waals surface area contributed by atoms with Gasteiger partial charge >= 0.3 is 0 Å². The van der Waals surface area contributed by atoms with Crippen LogP contribution < -0.4 is 14.5 Å². The fourth-order valence-corrected chi connectivity index (χ4v) is 4.22. The molecule has 0 bridgehead atoms. The van der Waals surface area contributed by atoms with Crippen LogP contribution >= 0.6 is 0 Å². The molecule has 7 heteroatoms. The van der Waals surface area contributed by atoms with E-state index in [0.717, 1.165) is 37.3 Å². The summed E-state index contributed by atoms with van der Waals surface area (Å²) >= 11 is 0. The van der Waals surface area contributed by atoms with Gasteiger partial charge in [-0.15, -0.1) is 0 Å². The second kappa shape index (κ2) is 8.83. The zero-order valence-electron chi connectivity index (χ0n) is 17.2. The number of carbonyl (C=O) groups is 2. The lowest BCUT2D eigenvalue weighted by Gasteiger charge is -2.32. The van der Waals surface area contributed by atoms with E-state index in [1.54, 1.807) is 11.0 Å². The van der Waals surface area contributed by atoms with Gasteiger partial charge in [0.05, 0.1) is 33.3 Å². The molecule has 4 rings (SSSR count). The third-order valence-electron chi connectivity index (χ3n) is 5.91. The van der Waals surface area contributed by atoms with E-state index in [9.17, 15) is 14.0 Å². The molecule has 2 aromatic rings. The topological polar surface area (TPSA) is 54.3 Å². The number of nitrogens with one attached hydrogen (secondary N) is 1. The Bertz CT molecular complexity index is 941. The summed E-state index contributed by atoms with van der Waals surface area (Å²) in [7, 11) is 1.46. The number of amides is 2. The molecule has 158 valence electrons. The second-order valence-electron chi connectivity index (χ2n) is 7.89. The number of ether oxygens (including phenoxy) is 1. The molecular weight excluding hydrogens is 385 g/mol. The van der Waals surface area contributed by atoms with Crippen LogP contribution in [0.2, 0.25) is 0 Å². The Morgan fingerprint density at radius 1 is 1.13 bits per heavy atom. The van der Waals surface area contributed by atoms with Crippen molar-refractivity contribution in [2.45, 2.75) is 19.4 Å². The van der Waals surface area contributed by atoms with E-state index in [1.165, 1.54) is 18.1 Å². The quantitative estimate of drug-likeness (QED) is 0.810. The standard InChI is InChI=1S/C23H26FN3O3/c1-30-21-8-7-17(14-20(21)24)16-25-10-12-26(13-11-25)23(29)18-4-2-5-19(15-18)27-9-3-6-22(27)28/h2,4-5,7-8,14-15H,3,6,9-13,16H2,1H3/p+1. The maximum atomic E-state index is 13.9. The van der Waals surface area contributed by atoms with Crippen LogP contribution in [0.3, 0.4) is 0 Å². The molecule has 0 spiro atoms. The zero-order chi connectivity index (χ0) is 21.1. The highest BCUT2D eigenvalue weighted by Crippen LogP contribution is 2.23. The average molecular weight is 412 g/mol.